The quantitative estimate of drug-likeness (QED) is 0.883. The topological polar surface area (TPSA) is 56.7 Å². The minimum atomic E-state index is -0.229. The average molecular weight is 248 g/mol. The Morgan fingerprint density at radius 1 is 1.39 bits per heavy atom. The van der Waals surface area contributed by atoms with Gasteiger partial charge in [-0.15, -0.1) is 5.10 Å². The van der Waals surface area contributed by atoms with E-state index in [0.29, 0.717) is 12.1 Å². The molecule has 0 aliphatic carbocycles. The third-order valence-corrected chi connectivity index (χ3v) is 2.83. The van der Waals surface area contributed by atoms with Gasteiger partial charge in [0.2, 0.25) is 0 Å². The summed E-state index contributed by atoms with van der Waals surface area (Å²) in [6.45, 7) is 2.45. The third-order valence-electron chi connectivity index (χ3n) is 2.83. The lowest BCUT2D eigenvalue weighted by molar-refractivity contribution is 0.577. The van der Waals surface area contributed by atoms with Crippen molar-refractivity contribution in [1.82, 2.24) is 15.0 Å². The van der Waals surface area contributed by atoms with Crippen LogP contribution in [0.3, 0.4) is 0 Å². The number of nitrogens with two attached hydrogens (primary N) is 1. The van der Waals surface area contributed by atoms with Gasteiger partial charge in [-0.05, 0) is 12.5 Å². The molecule has 96 valence electrons. The van der Waals surface area contributed by atoms with Gasteiger partial charge >= 0.3 is 0 Å². The number of halogens is 1. The molecule has 0 spiro atoms. The standard InChI is InChI=1S/C13H17FN4/c1-2-5-12(15)13-9-18(17-16-13)8-10-6-3-4-7-11(10)14/h3-4,6-7,9,12H,2,5,8,15H2,1H3. The lowest BCUT2D eigenvalue weighted by Crippen LogP contribution is -2.10. The summed E-state index contributed by atoms with van der Waals surface area (Å²) in [5, 5.41) is 8.00. The molecule has 0 aliphatic heterocycles. The number of benzene rings is 1. The Labute approximate surface area is 106 Å². The molecule has 5 heteroatoms. The summed E-state index contributed by atoms with van der Waals surface area (Å²) in [5.74, 6) is -0.229. The molecular weight excluding hydrogens is 231 g/mol. The summed E-state index contributed by atoms with van der Waals surface area (Å²) < 4.78 is 15.1. The van der Waals surface area contributed by atoms with Crippen LogP contribution in [-0.4, -0.2) is 15.0 Å². The predicted octanol–water partition coefficient (Wildman–Crippen LogP) is 2.27. The molecule has 0 aliphatic rings. The second kappa shape index (κ2) is 5.73. The van der Waals surface area contributed by atoms with Crippen LogP contribution in [0.5, 0.6) is 0 Å². The first kappa shape index (κ1) is 12.7. The molecular formula is C13H17FN4. The highest BCUT2D eigenvalue weighted by molar-refractivity contribution is 5.17. The number of rotatable bonds is 5. The van der Waals surface area contributed by atoms with Crippen molar-refractivity contribution in [3.05, 3.63) is 47.5 Å². The maximum absolute atomic E-state index is 13.5. The van der Waals surface area contributed by atoms with Crippen LogP contribution in [0.1, 0.15) is 37.1 Å². The highest BCUT2D eigenvalue weighted by atomic mass is 19.1. The normalized spacial score (nSPS) is 12.6. The van der Waals surface area contributed by atoms with Crippen molar-refractivity contribution < 1.29 is 4.39 Å². The van der Waals surface area contributed by atoms with Crippen molar-refractivity contribution in [2.24, 2.45) is 5.73 Å². The molecule has 2 rings (SSSR count). The number of aromatic nitrogens is 3. The minimum absolute atomic E-state index is 0.0932. The first-order chi connectivity index (χ1) is 8.70. The molecule has 1 heterocycles. The van der Waals surface area contributed by atoms with Gasteiger partial charge in [-0.25, -0.2) is 9.07 Å². The van der Waals surface area contributed by atoms with Crippen LogP contribution in [0.25, 0.3) is 0 Å². The summed E-state index contributed by atoms with van der Waals surface area (Å²) in [4.78, 5) is 0. The van der Waals surface area contributed by atoms with Crippen LogP contribution < -0.4 is 5.73 Å². The molecule has 1 aromatic carbocycles. The summed E-state index contributed by atoms with van der Waals surface area (Å²) in [7, 11) is 0. The highest BCUT2D eigenvalue weighted by Crippen LogP contribution is 2.13. The third kappa shape index (κ3) is 2.92. The summed E-state index contributed by atoms with van der Waals surface area (Å²) in [6, 6.07) is 6.56. The molecule has 4 nitrogen and oxygen atoms in total. The van der Waals surface area contributed by atoms with E-state index in [1.165, 1.54) is 6.07 Å². The van der Waals surface area contributed by atoms with E-state index in [9.17, 15) is 4.39 Å². The molecule has 18 heavy (non-hydrogen) atoms. The molecule has 0 bridgehead atoms. The fourth-order valence-electron chi connectivity index (χ4n) is 1.82. The van der Waals surface area contributed by atoms with Crippen molar-refractivity contribution in [1.29, 1.82) is 0 Å². The van der Waals surface area contributed by atoms with Gasteiger partial charge in [0.15, 0.2) is 0 Å². The van der Waals surface area contributed by atoms with Gasteiger partial charge in [-0.1, -0.05) is 36.8 Å². The smallest absolute Gasteiger partial charge is 0.128 e. The van der Waals surface area contributed by atoms with Crippen LogP contribution in [0.4, 0.5) is 4.39 Å². The van der Waals surface area contributed by atoms with Crippen molar-refractivity contribution in [2.75, 3.05) is 0 Å². The fraction of sp³-hybridized carbons (Fsp3) is 0.385. The first-order valence-electron chi connectivity index (χ1n) is 6.09. The molecule has 0 radical (unpaired) electrons. The molecule has 0 amide bonds. The summed E-state index contributed by atoms with van der Waals surface area (Å²) >= 11 is 0. The number of nitrogens with zero attached hydrogens (tertiary/aromatic N) is 3. The molecule has 1 aromatic heterocycles. The summed E-state index contributed by atoms with van der Waals surface area (Å²) in [5.41, 5.74) is 7.31. The number of hydrogen-bond acceptors (Lipinski definition) is 3. The van der Waals surface area contributed by atoms with Crippen LogP contribution in [0.2, 0.25) is 0 Å². The zero-order chi connectivity index (χ0) is 13.0. The predicted molar refractivity (Wildman–Crippen MR) is 67.4 cm³/mol. The van der Waals surface area contributed by atoms with Crippen LogP contribution >= 0.6 is 0 Å². The Hall–Kier alpha value is -1.75. The molecule has 1 unspecified atom stereocenters. The van der Waals surface area contributed by atoms with Gasteiger partial charge in [0.1, 0.15) is 5.82 Å². The van der Waals surface area contributed by atoms with E-state index < -0.39 is 0 Å². The summed E-state index contributed by atoms with van der Waals surface area (Å²) in [6.07, 6.45) is 3.66. The Morgan fingerprint density at radius 2 is 2.17 bits per heavy atom. The van der Waals surface area contributed by atoms with Gasteiger partial charge in [-0.2, -0.15) is 0 Å². The Bertz CT molecular complexity index is 509. The van der Waals surface area contributed by atoms with E-state index in [4.69, 9.17) is 5.73 Å². The van der Waals surface area contributed by atoms with Gasteiger partial charge in [0.05, 0.1) is 24.5 Å². The van der Waals surface area contributed by atoms with Crippen molar-refractivity contribution >= 4 is 0 Å². The Kier molecular flexibility index (Phi) is 4.04. The molecule has 0 saturated carbocycles. The average Bonchev–Trinajstić information content (AvgIpc) is 2.81. The lowest BCUT2D eigenvalue weighted by atomic mass is 10.1. The van der Waals surface area contributed by atoms with Gasteiger partial charge in [0, 0.05) is 5.56 Å². The maximum Gasteiger partial charge on any atom is 0.128 e. The lowest BCUT2D eigenvalue weighted by Gasteiger charge is -2.04. The van der Waals surface area contributed by atoms with Crippen LogP contribution in [0.15, 0.2) is 30.5 Å². The first-order valence-corrected chi connectivity index (χ1v) is 6.09. The van der Waals surface area contributed by atoms with E-state index in [0.717, 1.165) is 18.5 Å². The molecule has 2 N–H and O–H groups in total. The molecule has 0 saturated heterocycles. The fourth-order valence-corrected chi connectivity index (χ4v) is 1.82. The highest BCUT2D eigenvalue weighted by Gasteiger charge is 2.10. The van der Waals surface area contributed by atoms with Gasteiger partial charge < -0.3 is 5.73 Å². The monoisotopic (exact) mass is 248 g/mol. The zero-order valence-corrected chi connectivity index (χ0v) is 10.4. The second-order valence-electron chi connectivity index (χ2n) is 4.33. The molecule has 0 fully saturated rings. The van der Waals surface area contributed by atoms with Gasteiger partial charge in [-0.3, -0.25) is 0 Å². The van der Waals surface area contributed by atoms with Crippen molar-refractivity contribution in [3.63, 3.8) is 0 Å². The second-order valence-corrected chi connectivity index (χ2v) is 4.33. The van der Waals surface area contributed by atoms with Crippen molar-refractivity contribution in [3.8, 4) is 0 Å². The number of hydrogen-bond donors (Lipinski definition) is 1. The van der Waals surface area contributed by atoms with E-state index in [1.54, 1.807) is 29.1 Å². The SMILES string of the molecule is CCCC(N)c1cn(Cc2ccccc2F)nn1. The van der Waals surface area contributed by atoms with E-state index in [-0.39, 0.29) is 11.9 Å². The van der Waals surface area contributed by atoms with Gasteiger partial charge in [0.25, 0.3) is 0 Å². The van der Waals surface area contributed by atoms with Crippen LogP contribution in [0, 0.1) is 5.82 Å². The van der Waals surface area contributed by atoms with E-state index in [2.05, 4.69) is 17.2 Å². The van der Waals surface area contributed by atoms with Crippen molar-refractivity contribution in [2.45, 2.75) is 32.4 Å². The van der Waals surface area contributed by atoms with Crippen LogP contribution in [-0.2, 0) is 6.54 Å². The minimum Gasteiger partial charge on any atom is -0.323 e. The zero-order valence-electron chi connectivity index (χ0n) is 10.4. The maximum atomic E-state index is 13.5. The van der Waals surface area contributed by atoms with E-state index >= 15 is 0 Å². The largest absolute Gasteiger partial charge is 0.323 e. The van der Waals surface area contributed by atoms with E-state index in [1.807, 2.05) is 0 Å². The molecule has 2 aromatic rings. The Balaban J connectivity index is 2.09. The Morgan fingerprint density at radius 3 is 2.89 bits per heavy atom. The molecule has 1 atom stereocenters.